The highest BCUT2D eigenvalue weighted by Crippen LogP contribution is 2.31. The number of thioether (sulfide) groups is 1. The molecule has 0 spiro atoms. The lowest BCUT2D eigenvalue weighted by Crippen LogP contribution is -2.34. The van der Waals surface area contributed by atoms with Gasteiger partial charge in [-0.25, -0.2) is 4.79 Å². The van der Waals surface area contributed by atoms with E-state index in [0.29, 0.717) is 17.9 Å². The number of hydrogen-bond acceptors (Lipinski definition) is 4. The number of benzene rings is 1. The third kappa shape index (κ3) is 2.44. The van der Waals surface area contributed by atoms with Crippen LogP contribution in [0.3, 0.4) is 0 Å². The molecule has 20 heavy (non-hydrogen) atoms. The van der Waals surface area contributed by atoms with Crippen molar-refractivity contribution < 1.29 is 4.74 Å². The van der Waals surface area contributed by atoms with Crippen molar-refractivity contribution >= 4 is 11.8 Å². The lowest BCUT2D eigenvalue weighted by atomic mass is 10.2. The van der Waals surface area contributed by atoms with Crippen molar-refractivity contribution in [3.8, 4) is 0 Å². The molecule has 1 aliphatic heterocycles. The van der Waals surface area contributed by atoms with Crippen molar-refractivity contribution in [3.05, 3.63) is 62.4 Å². The second-order valence-electron chi connectivity index (χ2n) is 4.66. The highest BCUT2D eigenvalue weighted by molar-refractivity contribution is 7.99. The van der Waals surface area contributed by atoms with E-state index in [1.807, 2.05) is 24.3 Å². The van der Waals surface area contributed by atoms with Gasteiger partial charge in [-0.15, -0.1) is 11.8 Å². The van der Waals surface area contributed by atoms with E-state index in [1.165, 1.54) is 9.46 Å². The standard InChI is InChI=1S/C14H14N2O3S/c1-9-6-16(14(18)15-13(9)17)12-8-20-11-5-3-2-4-10(11)7-19-12/h2-6,12H,7-8H2,1H3,(H,15,17,18). The number of H-pyrrole nitrogens is 1. The molecule has 2 aromatic rings. The molecule has 0 amide bonds. The summed E-state index contributed by atoms with van der Waals surface area (Å²) >= 11 is 1.65. The van der Waals surface area contributed by atoms with E-state index in [-0.39, 0.29) is 11.8 Å². The van der Waals surface area contributed by atoms with E-state index in [1.54, 1.807) is 24.9 Å². The van der Waals surface area contributed by atoms with Gasteiger partial charge >= 0.3 is 5.69 Å². The zero-order valence-electron chi connectivity index (χ0n) is 11.0. The van der Waals surface area contributed by atoms with Gasteiger partial charge in [-0.1, -0.05) is 18.2 Å². The average molecular weight is 290 g/mol. The van der Waals surface area contributed by atoms with Crippen LogP contribution in [0.2, 0.25) is 0 Å². The smallest absolute Gasteiger partial charge is 0.330 e. The number of ether oxygens (including phenoxy) is 1. The first-order valence-corrected chi connectivity index (χ1v) is 7.28. The summed E-state index contributed by atoms with van der Waals surface area (Å²) in [4.78, 5) is 26.8. The highest BCUT2D eigenvalue weighted by Gasteiger charge is 2.19. The van der Waals surface area contributed by atoms with Crippen LogP contribution in [0.4, 0.5) is 0 Å². The van der Waals surface area contributed by atoms with Gasteiger partial charge in [0, 0.05) is 22.4 Å². The second kappa shape index (κ2) is 5.30. The Kier molecular flexibility index (Phi) is 3.50. The van der Waals surface area contributed by atoms with Gasteiger partial charge in [0.1, 0.15) is 6.23 Å². The van der Waals surface area contributed by atoms with Gasteiger partial charge in [-0.3, -0.25) is 14.3 Å². The van der Waals surface area contributed by atoms with E-state index in [0.717, 1.165) is 5.56 Å². The largest absolute Gasteiger partial charge is 0.352 e. The first kappa shape index (κ1) is 13.2. The van der Waals surface area contributed by atoms with Crippen molar-refractivity contribution in [2.45, 2.75) is 24.7 Å². The minimum Gasteiger partial charge on any atom is -0.352 e. The van der Waals surface area contributed by atoms with Crippen LogP contribution >= 0.6 is 11.8 Å². The fourth-order valence-corrected chi connectivity index (χ4v) is 3.19. The molecule has 1 aliphatic rings. The Morgan fingerprint density at radius 2 is 2.15 bits per heavy atom. The van der Waals surface area contributed by atoms with Gasteiger partial charge in [0.15, 0.2) is 0 Å². The summed E-state index contributed by atoms with van der Waals surface area (Å²) in [5.74, 6) is 0.627. The minimum absolute atomic E-state index is 0.351. The van der Waals surface area contributed by atoms with Crippen LogP contribution in [0.15, 0.2) is 44.9 Å². The number of nitrogens with one attached hydrogen (secondary N) is 1. The molecule has 0 saturated carbocycles. The summed E-state index contributed by atoms with van der Waals surface area (Å²) in [7, 11) is 0. The Hall–Kier alpha value is -1.79. The normalized spacial score (nSPS) is 18.4. The number of fused-ring (bicyclic) bond motifs is 1. The van der Waals surface area contributed by atoms with Gasteiger partial charge in [-0.05, 0) is 18.6 Å². The van der Waals surface area contributed by atoms with Crippen LogP contribution < -0.4 is 11.2 Å². The predicted molar refractivity (Wildman–Crippen MR) is 77.1 cm³/mol. The van der Waals surface area contributed by atoms with Gasteiger partial charge in [0.05, 0.1) is 6.61 Å². The SMILES string of the molecule is Cc1cn(C2CSc3ccccc3CO2)c(=O)[nH]c1=O. The Morgan fingerprint density at radius 1 is 1.35 bits per heavy atom. The summed E-state index contributed by atoms with van der Waals surface area (Å²) in [5.41, 5.74) is 0.835. The predicted octanol–water partition coefficient (Wildman–Crippen LogP) is 1.67. The van der Waals surface area contributed by atoms with E-state index >= 15 is 0 Å². The van der Waals surface area contributed by atoms with Gasteiger partial charge < -0.3 is 4.74 Å². The maximum Gasteiger partial charge on any atom is 0.330 e. The number of nitrogens with zero attached hydrogens (tertiary/aromatic N) is 1. The van der Waals surface area contributed by atoms with Crippen LogP contribution in [0.5, 0.6) is 0 Å². The second-order valence-corrected chi connectivity index (χ2v) is 5.72. The summed E-state index contributed by atoms with van der Waals surface area (Å²) < 4.78 is 7.27. The number of aryl methyl sites for hydroxylation is 1. The highest BCUT2D eigenvalue weighted by atomic mass is 32.2. The van der Waals surface area contributed by atoms with Crippen molar-refractivity contribution in [3.63, 3.8) is 0 Å². The fourth-order valence-electron chi connectivity index (χ4n) is 2.12. The molecule has 1 aromatic carbocycles. The first-order valence-electron chi connectivity index (χ1n) is 6.29. The van der Waals surface area contributed by atoms with Crippen LogP contribution in [0, 0.1) is 6.92 Å². The molecule has 6 heteroatoms. The molecule has 1 unspecified atom stereocenters. The first-order chi connectivity index (χ1) is 9.65. The molecular weight excluding hydrogens is 276 g/mol. The zero-order valence-corrected chi connectivity index (χ0v) is 11.8. The van der Waals surface area contributed by atoms with Gasteiger partial charge in [0.2, 0.25) is 0 Å². The maximum absolute atomic E-state index is 11.9. The molecule has 0 radical (unpaired) electrons. The molecule has 1 aromatic heterocycles. The van der Waals surface area contributed by atoms with Gasteiger partial charge in [-0.2, -0.15) is 0 Å². The molecule has 5 nitrogen and oxygen atoms in total. The molecule has 3 rings (SSSR count). The van der Waals surface area contributed by atoms with E-state index < -0.39 is 5.69 Å². The van der Waals surface area contributed by atoms with Crippen molar-refractivity contribution in [1.82, 2.24) is 9.55 Å². The minimum atomic E-state index is -0.433. The molecule has 0 fully saturated rings. The topological polar surface area (TPSA) is 64.1 Å². The quantitative estimate of drug-likeness (QED) is 0.867. The van der Waals surface area contributed by atoms with E-state index in [9.17, 15) is 9.59 Å². The zero-order chi connectivity index (χ0) is 14.1. The number of hydrogen-bond donors (Lipinski definition) is 1. The van der Waals surface area contributed by atoms with E-state index in [2.05, 4.69) is 4.98 Å². The number of aromatic amines is 1. The molecule has 104 valence electrons. The molecule has 0 aliphatic carbocycles. The number of rotatable bonds is 1. The van der Waals surface area contributed by atoms with Crippen LogP contribution in [-0.2, 0) is 11.3 Å². The summed E-state index contributed by atoms with van der Waals surface area (Å²) in [6.45, 7) is 2.13. The summed E-state index contributed by atoms with van der Waals surface area (Å²) in [5, 5.41) is 0. The fraction of sp³-hybridized carbons (Fsp3) is 0.286. The monoisotopic (exact) mass is 290 g/mol. The molecule has 1 N–H and O–H groups in total. The average Bonchev–Trinajstić information content (AvgIpc) is 2.65. The lowest BCUT2D eigenvalue weighted by molar-refractivity contribution is 0.00510. The van der Waals surface area contributed by atoms with Crippen LogP contribution in [-0.4, -0.2) is 15.3 Å². The maximum atomic E-state index is 11.9. The third-order valence-corrected chi connectivity index (χ3v) is 4.40. The van der Waals surface area contributed by atoms with Crippen LogP contribution in [0.25, 0.3) is 0 Å². The lowest BCUT2D eigenvalue weighted by Gasteiger charge is -2.17. The van der Waals surface area contributed by atoms with Crippen molar-refractivity contribution in [2.75, 3.05) is 5.75 Å². The molecule has 0 saturated heterocycles. The summed E-state index contributed by atoms with van der Waals surface area (Å²) in [6, 6.07) is 8.03. The van der Waals surface area contributed by atoms with Crippen molar-refractivity contribution in [2.24, 2.45) is 0 Å². The molecule has 0 bridgehead atoms. The Balaban J connectivity index is 1.93. The van der Waals surface area contributed by atoms with Crippen LogP contribution in [0.1, 0.15) is 17.4 Å². The number of aromatic nitrogens is 2. The van der Waals surface area contributed by atoms with E-state index in [4.69, 9.17) is 4.74 Å². The Bertz CT molecular complexity index is 724. The Labute approximate surface area is 119 Å². The third-order valence-electron chi connectivity index (χ3n) is 3.24. The Morgan fingerprint density at radius 3 is 3.00 bits per heavy atom. The molecular formula is C14H14N2O3S. The summed E-state index contributed by atoms with van der Waals surface area (Å²) in [6.07, 6.45) is 1.18. The molecule has 1 atom stereocenters. The molecule has 2 heterocycles. The van der Waals surface area contributed by atoms with Crippen molar-refractivity contribution in [1.29, 1.82) is 0 Å². The van der Waals surface area contributed by atoms with Gasteiger partial charge in [0.25, 0.3) is 5.56 Å².